The first kappa shape index (κ1) is 17.2. The molecule has 1 atom stereocenters. The lowest BCUT2D eigenvalue weighted by Crippen LogP contribution is -2.42. The minimum Gasteiger partial charge on any atom is -0.458 e. The number of carbonyl (C=O) groups excluding carboxylic acids is 2. The maximum Gasteiger partial charge on any atom is 0.328 e. The van der Waals surface area contributed by atoms with E-state index in [-0.39, 0.29) is 12.3 Å². The third kappa shape index (κ3) is 5.98. The molecule has 0 aliphatic rings. The first-order valence-corrected chi connectivity index (χ1v) is 7.17. The van der Waals surface area contributed by atoms with E-state index in [1.165, 1.54) is 0 Å². The van der Waals surface area contributed by atoms with Crippen LogP contribution >= 0.6 is 0 Å². The van der Waals surface area contributed by atoms with Crippen molar-refractivity contribution in [1.29, 1.82) is 0 Å². The van der Waals surface area contributed by atoms with Gasteiger partial charge in [0.25, 0.3) is 0 Å². The summed E-state index contributed by atoms with van der Waals surface area (Å²) in [6.45, 7) is 11.0. The first-order valence-electron chi connectivity index (χ1n) is 7.17. The molecule has 4 nitrogen and oxygen atoms in total. The van der Waals surface area contributed by atoms with Crippen molar-refractivity contribution < 1.29 is 14.3 Å². The van der Waals surface area contributed by atoms with Gasteiger partial charge in [-0.25, -0.2) is 4.79 Å². The molecule has 0 heterocycles. The largest absolute Gasteiger partial charge is 0.458 e. The summed E-state index contributed by atoms with van der Waals surface area (Å²) in [6, 6.07) is 5.35. The maximum absolute atomic E-state index is 12.0. The molecule has 1 N–H and O–H groups in total. The number of ether oxygens (including phenoxy) is 1. The Bertz CT molecular complexity index is 529. The van der Waals surface area contributed by atoms with Gasteiger partial charge in [-0.2, -0.15) is 0 Å². The normalized spacial score (nSPS) is 12.7. The highest BCUT2D eigenvalue weighted by atomic mass is 16.6. The average Bonchev–Trinajstić information content (AvgIpc) is 2.31. The molecule has 21 heavy (non-hydrogen) atoms. The van der Waals surface area contributed by atoms with Crippen molar-refractivity contribution in [2.45, 2.75) is 59.6 Å². The van der Waals surface area contributed by atoms with Crippen LogP contribution < -0.4 is 5.32 Å². The van der Waals surface area contributed by atoms with Crippen molar-refractivity contribution in [2.75, 3.05) is 0 Å². The lowest BCUT2D eigenvalue weighted by Gasteiger charge is -2.22. The molecule has 1 rings (SSSR count). The van der Waals surface area contributed by atoms with Crippen molar-refractivity contribution in [3.63, 3.8) is 0 Å². The summed E-state index contributed by atoms with van der Waals surface area (Å²) >= 11 is 0. The number of carbonyl (C=O) groups is 2. The highest BCUT2D eigenvalue weighted by Gasteiger charge is 2.23. The molecular formula is C17H25NO3. The van der Waals surface area contributed by atoms with Gasteiger partial charge in [-0.3, -0.25) is 4.79 Å². The molecule has 0 saturated carbocycles. The van der Waals surface area contributed by atoms with Crippen molar-refractivity contribution in [3.8, 4) is 0 Å². The zero-order valence-corrected chi connectivity index (χ0v) is 13.7. The molecule has 0 aliphatic carbocycles. The third-order valence-corrected chi connectivity index (χ3v) is 2.99. The average molecular weight is 291 g/mol. The smallest absolute Gasteiger partial charge is 0.328 e. The molecule has 0 spiro atoms. The minimum absolute atomic E-state index is 0.179. The Morgan fingerprint density at radius 1 is 1.24 bits per heavy atom. The molecule has 1 amide bonds. The van der Waals surface area contributed by atoms with Gasteiger partial charge in [0.05, 0.1) is 6.42 Å². The Morgan fingerprint density at radius 2 is 1.86 bits per heavy atom. The summed E-state index contributed by atoms with van der Waals surface area (Å²) < 4.78 is 5.24. The van der Waals surface area contributed by atoms with Crippen LogP contribution in [0.2, 0.25) is 0 Å². The fourth-order valence-electron chi connectivity index (χ4n) is 1.91. The predicted molar refractivity (Wildman–Crippen MR) is 83.1 cm³/mol. The first-order chi connectivity index (χ1) is 9.58. The Kier molecular flexibility index (Phi) is 5.53. The van der Waals surface area contributed by atoms with Crippen LogP contribution in [0.5, 0.6) is 0 Å². The topological polar surface area (TPSA) is 55.4 Å². The van der Waals surface area contributed by atoms with E-state index in [1.807, 2.05) is 32.0 Å². The summed E-state index contributed by atoms with van der Waals surface area (Å²) in [5.41, 5.74) is 2.61. The molecule has 0 aliphatic heterocycles. The van der Waals surface area contributed by atoms with Crippen LogP contribution in [-0.2, 0) is 20.7 Å². The number of nitrogens with one attached hydrogen (secondary N) is 1. The number of aryl methyl sites for hydroxylation is 2. The van der Waals surface area contributed by atoms with Crippen LogP contribution in [0.3, 0.4) is 0 Å². The minimum atomic E-state index is -0.651. The number of rotatable bonds is 4. The summed E-state index contributed by atoms with van der Waals surface area (Å²) in [6.07, 6.45) is 0.265. The molecule has 0 unspecified atom stereocenters. The van der Waals surface area contributed by atoms with E-state index < -0.39 is 17.6 Å². The number of hydrogen-bond donors (Lipinski definition) is 1. The van der Waals surface area contributed by atoms with Crippen LogP contribution in [0.4, 0.5) is 0 Å². The van der Waals surface area contributed by atoms with Crippen LogP contribution in [0.1, 0.15) is 44.4 Å². The van der Waals surface area contributed by atoms with Crippen molar-refractivity contribution in [3.05, 3.63) is 34.9 Å². The van der Waals surface area contributed by atoms with E-state index in [0.29, 0.717) is 0 Å². The van der Waals surface area contributed by atoms with Gasteiger partial charge in [-0.15, -0.1) is 0 Å². The van der Waals surface area contributed by atoms with E-state index in [1.54, 1.807) is 27.7 Å². The molecule has 0 aromatic heterocycles. The molecule has 0 bridgehead atoms. The van der Waals surface area contributed by atoms with Gasteiger partial charge in [0, 0.05) is 0 Å². The molecule has 0 fully saturated rings. The second kappa shape index (κ2) is 6.74. The van der Waals surface area contributed by atoms with Crippen molar-refractivity contribution in [2.24, 2.45) is 0 Å². The molecule has 1 aromatic carbocycles. The SMILES string of the molecule is Cc1ccc(C)c(CC(=O)N[C@@H](C)C(=O)OC(C)(C)C)c1. The van der Waals surface area contributed by atoms with Crippen LogP contribution in [0, 0.1) is 13.8 Å². The van der Waals surface area contributed by atoms with Gasteiger partial charge in [-0.05, 0) is 52.7 Å². The predicted octanol–water partition coefficient (Wildman–Crippen LogP) is 2.69. The van der Waals surface area contributed by atoms with Crippen LogP contribution in [-0.4, -0.2) is 23.5 Å². The van der Waals surface area contributed by atoms with Crippen molar-refractivity contribution >= 4 is 11.9 Å². The van der Waals surface area contributed by atoms with Gasteiger partial charge < -0.3 is 10.1 Å². The van der Waals surface area contributed by atoms with E-state index in [4.69, 9.17) is 4.74 Å². The number of amides is 1. The highest BCUT2D eigenvalue weighted by molar-refractivity contribution is 5.85. The second-order valence-electron chi connectivity index (χ2n) is 6.43. The summed E-state index contributed by atoms with van der Waals surface area (Å²) in [5, 5.41) is 2.68. The molecular weight excluding hydrogens is 266 g/mol. The third-order valence-electron chi connectivity index (χ3n) is 2.99. The highest BCUT2D eigenvalue weighted by Crippen LogP contribution is 2.12. The molecule has 116 valence electrons. The van der Waals surface area contributed by atoms with Gasteiger partial charge in [0.2, 0.25) is 5.91 Å². The Morgan fingerprint density at radius 3 is 2.43 bits per heavy atom. The van der Waals surface area contributed by atoms with E-state index >= 15 is 0 Å². The standard InChI is InChI=1S/C17H25NO3/c1-11-7-8-12(2)14(9-11)10-15(19)18-13(3)16(20)21-17(4,5)6/h7-9,13H,10H2,1-6H3,(H,18,19)/t13-/m0/s1. The van der Waals surface area contributed by atoms with Crippen LogP contribution in [0.25, 0.3) is 0 Å². The summed E-state index contributed by atoms with van der Waals surface area (Å²) in [5.74, 6) is -0.598. The maximum atomic E-state index is 12.0. The van der Waals surface area contributed by atoms with E-state index in [0.717, 1.165) is 16.7 Å². The Balaban J connectivity index is 2.61. The molecule has 0 radical (unpaired) electrons. The zero-order valence-electron chi connectivity index (χ0n) is 13.7. The van der Waals surface area contributed by atoms with Gasteiger partial charge in [0.15, 0.2) is 0 Å². The Hall–Kier alpha value is -1.84. The number of esters is 1. The van der Waals surface area contributed by atoms with E-state index in [2.05, 4.69) is 5.32 Å². The van der Waals surface area contributed by atoms with Crippen molar-refractivity contribution in [1.82, 2.24) is 5.32 Å². The van der Waals surface area contributed by atoms with Gasteiger partial charge >= 0.3 is 5.97 Å². The van der Waals surface area contributed by atoms with Gasteiger partial charge in [0.1, 0.15) is 11.6 Å². The number of hydrogen-bond acceptors (Lipinski definition) is 3. The lowest BCUT2D eigenvalue weighted by molar-refractivity contribution is -0.158. The quantitative estimate of drug-likeness (QED) is 0.868. The Labute approximate surface area is 126 Å². The fourth-order valence-corrected chi connectivity index (χ4v) is 1.91. The van der Waals surface area contributed by atoms with Crippen LogP contribution in [0.15, 0.2) is 18.2 Å². The lowest BCUT2D eigenvalue weighted by atomic mass is 10.0. The zero-order chi connectivity index (χ0) is 16.2. The molecule has 4 heteroatoms. The molecule has 0 saturated heterocycles. The summed E-state index contributed by atoms with van der Waals surface area (Å²) in [7, 11) is 0. The monoisotopic (exact) mass is 291 g/mol. The second-order valence-corrected chi connectivity index (χ2v) is 6.43. The molecule has 1 aromatic rings. The summed E-state index contributed by atoms with van der Waals surface area (Å²) in [4.78, 5) is 23.9. The van der Waals surface area contributed by atoms with Gasteiger partial charge in [-0.1, -0.05) is 23.8 Å². The van der Waals surface area contributed by atoms with E-state index in [9.17, 15) is 9.59 Å². The number of benzene rings is 1. The fraction of sp³-hybridized carbons (Fsp3) is 0.529.